The summed E-state index contributed by atoms with van der Waals surface area (Å²) >= 11 is 3.34. The number of anilines is 1. The lowest BCUT2D eigenvalue weighted by molar-refractivity contribution is -0.118. The molecule has 1 amide bonds. The number of Topliss-reactive ketones (excluding diaryl/α,β-unsaturated/α-hetero) is 1. The van der Waals surface area contributed by atoms with Gasteiger partial charge in [0.1, 0.15) is 0 Å². The zero-order valence-corrected chi connectivity index (χ0v) is 10.1. The molecule has 0 radical (unpaired) electrons. The standard InChI is InChI=1S/C11H11BrN2O2/c12-7-2-1-3-8-11(7)9(15)4-6(14-8)5-10(13)16/h1-3,6,14H,4-5H2,(H2,13,16). The molecule has 0 saturated heterocycles. The fourth-order valence-corrected chi connectivity index (χ4v) is 2.48. The second kappa shape index (κ2) is 4.25. The molecule has 84 valence electrons. The average molecular weight is 283 g/mol. The first-order valence-corrected chi connectivity index (χ1v) is 5.74. The maximum absolute atomic E-state index is 11.9. The van der Waals surface area contributed by atoms with Gasteiger partial charge in [-0.3, -0.25) is 9.59 Å². The summed E-state index contributed by atoms with van der Waals surface area (Å²) in [6.45, 7) is 0. The third kappa shape index (κ3) is 2.09. The summed E-state index contributed by atoms with van der Waals surface area (Å²) in [7, 11) is 0. The van der Waals surface area contributed by atoms with Crippen molar-refractivity contribution in [3.63, 3.8) is 0 Å². The van der Waals surface area contributed by atoms with Crippen molar-refractivity contribution in [2.75, 3.05) is 5.32 Å². The SMILES string of the molecule is NC(=O)CC1CC(=O)c2c(Br)cccc2N1. The lowest BCUT2D eigenvalue weighted by atomic mass is 9.95. The quantitative estimate of drug-likeness (QED) is 0.867. The monoisotopic (exact) mass is 282 g/mol. The Kier molecular flexibility index (Phi) is 2.96. The van der Waals surface area contributed by atoms with E-state index < -0.39 is 5.91 Å². The van der Waals surface area contributed by atoms with Gasteiger partial charge in [0, 0.05) is 29.0 Å². The molecule has 4 nitrogen and oxygen atoms in total. The highest BCUT2D eigenvalue weighted by Gasteiger charge is 2.26. The third-order valence-electron chi connectivity index (χ3n) is 2.53. The van der Waals surface area contributed by atoms with E-state index in [2.05, 4.69) is 21.2 Å². The number of ketones is 1. The van der Waals surface area contributed by atoms with E-state index in [4.69, 9.17) is 5.73 Å². The minimum absolute atomic E-state index is 0.0347. The molecule has 1 unspecified atom stereocenters. The molecular formula is C11H11BrN2O2. The first-order chi connectivity index (χ1) is 7.58. The van der Waals surface area contributed by atoms with Gasteiger partial charge < -0.3 is 11.1 Å². The maximum Gasteiger partial charge on any atom is 0.219 e. The molecule has 1 aromatic rings. The smallest absolute Gasteiger partial charge is 0.219 e. The van der Waals surface area contributed by atoms with Crippen LogP contribution >= 0.6 is 15.9 Å². The van der Waals surface area contributed by atoms with E-state index in [1.54, 1.807) is 0 Å². The van der Waals surface area contributed by atoms with Crippen LogP contribution in [0.2, 0.25) is 0 Å². The summed E-state index contributed by atoms with van der Waals surface area (Å²) < 4.78 is 0.778. The average Bonchev–Trinajstić information content (AvgIpc) is 2.15. The Morgan fingerprint density at radius 3 is 3.00 bits per heavy atom. The highest BCUT2D eigenvalue weighted by Crippen LogP contribution is 2.31. The van der Waals surface area contributed by atoms with Crippen LogP contribution in [0, 0.1) is 0 Å². The molecule has 0 aliphatic carbocycles. The third-order valence-corrected chi connectivity index (χ3v) is 3.19. The van der Waals surface area contributed by atoms with Crippen LogP contribution < -0.4 is 11.1 Å². The number of primary amides is 1. The van der Waals surface area contributed by atoms with Crippen molar-refractivity contribution in [3.05, 3.63) is 28.2 Å². The predicted octanol–water partition coefficient (Wildman–Crippen LogP) is 1.69. The van der Waals surface area contributed by atoms with Crippen LogP contribution in [-0.4, -0.2) is 17.7 Å². The number of fused-ring (bicyclic) bond motifs is 1. The van der Waals surface area contributed by atoms with Gasteiger partial charge in [-0.25, -0.2) is 0 Å². The first-order valence-electron chi connectivity index (χ1n) is 4.94. The number of hydrogen-bond donors (Lipinski definition) is 2. The Labute approximate surface area is 101 Å². The van der Waals surface area contributed by atoms with Gasteiger partial charge in [-0.1, -0.05) is 6.07 Å². The van der Waals surface area contributed by atoms with Crippen molar-refractivity contribution in [1.29, 1.82) is 0 Å². The van der Waals surface area contributed by atoms with Crippen molar-refractivity contribution in [2.45, 2.75) is 18.9 Å². The molecule has 0 fully saturated rings. The Morgan fingerprint density at radius 1 is 1.56 bits per heavy atom. The number of amides is 1. The number of carbonyl (C=O) groups is 2. The van der Waals surface area contributed by atoms with Gasteiger partial charge in [0.05, 0.1) is 5.56 Å². The zero-order valence-electron chi connectivity index (χ0n) is 8.50. The molecule has 1 aromatic carbocycles. The van der Waals surface area contributed by atoms with Crippen LogP contribution in [-0.2, 0) is 4.79 Å². The molecule has 2 rings (SSSR count). The zero-order chi connectivity index (χ0) is 11.7. The van der Waals surface area contributed by atoms with Gasteiger partial charge in [0.15, 0.2) is 5.78 Å². The molecule has 16 heavy (non-hydrogen) atoms. The van der Waals surface area contributed by atoms with Gasteiger partial charge in [0.2, 0.25) is 5.91 Å². The van der Waals surface area contributed by atoms with E-state index in [1.165, 1.54) is 0 Å². The summed E-state index contributed by atoms with van der Waals surface area (Å²) in [4.78, 5) is 22.7. The summed E-state index contributed by atoms with van der Waals surface area (Å²) in [6, 6.07) is 5.31. The van der Waals surface area contributed by atoms with E-state index >= 15 is 0 Å². The minimum atomic E-state index is -0.399. The van der Waals surface area contributed by atoms with Crippen LogP contribution in [0.1, 0.15) is 23.2 Å². The molecule has 3 N–H and O–H groups in total. The van der Waals surface area contributed by atoms with Crippen molar-refractivity contribution < 1.29 is 9.59 Å². The van der Waals surface area contributed by atoms with Crippen molar-refractivity contribution >= 4 is 33.3 Å². The van der Waals surface area contributed by atoms with Crippen LogP contribution in [0.25, 0.3) is 0 Å². The molecule has 0 saturated carbocycles. The van der Waals surface area contributed by atoms with Crippen molar-refractivity contribution in [2.24, 2.45) is 5.73 Å². The van der Waals surface area contributed by atoms with Gasteiger partial charge in [-0.05, 0) is 28.1 Å². The Balaban J connectivity index is 2.30. The van der Waals surface area contributed by atoms with E-state index in [0.29, 0.717) is 12.0 Å². The normalized spacial score (nSPS) is 18.8. The van der Waals surface area contributed by atoms with E-state index in [1.807, 2.05) is 18.2 Å². The lowest BCUT2D eigenvalue weighted by Gasteiger charge is -2.25. The number of nitrogens with one attached hydrogen (secondary N) is 1. The molecule has 1 atom stereocenters. The molecule has 0 bridgehead atoms. The van der Waals surface area contributed by atoms with E-state index in [-0.39, 0.29) is 18.2 Å². The van der Waals surface area contributed by atoms with Crippen LogP contribution in [0.5, 0.6) is 0 Å². The first kappa shape index (κ1) is 11.1. The van der Waals surface area contributed by atoms with Gasteiger partial charge >= 0.3 is 0 Å². The molecule has 0 aromatic heterocycles. The number of rotatable bonds is 2. The second-order valence-corrected chi connectivity index (χ2v) is 4.66. The number of benzene rings is 1. The van der Waals surface area contributed by atoms with Crippen LogP contribution in [0.3, 0.4) is 0 Å². The van der Waals surface area contributed by atoms with Crippen molar-refractivity contribution in [3.8, 4) is 0 Å². The fraction of sp³-hybridized carbons (Fsp3) is 0.273. The summed E-state index contributed by atoms with van der Waals surface area (Å²) in [5.74, 6) is -0.365. The van der Waals surface area contributed by atoms with Gasteiger partial charge in [0.25, 0.3) is 0 Å². The van der Waals surface area contributed by atoms with Gasteiger partial charge in [-0.2, -0.15) is 0 Å². The minimum Gasteiger partial charge on any atom is -0.381 e. The number of hydrogen-bond acceptors (Lipinski definition) is 3. The fourth-order valence-electron chi connectivity index (χ4n) is 1.89. The number of nitrogens with two attached hydrogens (primary N) is 1. The number of halogens is 1. The topological polar surface area (TPSA) is 72.2 Å². The largest absolute Gasteiger partial charge is 0.381 e. The van der Waals surface area contributed by atoms with Crippen LogP contribution in [0.15, 0.2) is 22.7 Å². The Bertz CT molecular complexity index is 459. The highest BCUT2D eigenvalue weighted by atomic mass is 79.9. The summed E-state index contributed by atoms with van der Waals surface area (Å²) in [5, 5.41) is 3.15. The molecule has 1 heterocycles. The summed E-state index contributed by atoms with van der Waals surface area (Å²) in [6.07, 6.45) is 0.482. The van der Waals surface area contributed by atoms with Crippen molar-refractivity contribution in [1.82, 2.24) is 0 Å². The van der Waals surface area contributed by atoms with Crippen LogP contribution in [0.4, 0.5) is 5.69 Å². The lowest BCUT2D eigenvalue weighted by Crippen LogP contribution is -2.33. The predicted molar refractivity (Wildman–Crippen MR) is 64.3 cm³/mol. The Morgan fingerprint density at radius 2 is 2.31 bits per heavy atom. The van der Waals surface area contributed by atoms with E-state index in [0.717, 1.165) is 10.2 Å². The number of carbonyl (C=O) groups excluding carboxylic acids is 2. The summed E-state index contributed by atoms with van der Waals surface area (Å²) in [5.41, 5.74) is 6.54. The van der Waals surface area contributed by atoms with Gasteiger partial charge in [-0.15, -0.1) is 0 Å². The Hall–Kier alpha value is -1.36. The molecule has 1 aliphatic heterocycles. The highest BCUT2D eigenvalue weighted by molar-refractivity contribution is 9.10. The second-order valence-electron chi connectivity index (χ2n) is 3.80. The maximum atomic E-state index is 11.9. The molecule has 5 heteroatoms. The molecule has 0 spiro atoms. The molecule has 1 aliphatic rings. The van der Waals surface area contributed by atoms with E-state index in [9.17, 15) is 9.59 Å². The molecular weight excluding hydrogens is 272 g/mol.